The van der Waals surface area contributed by atoms with E-state index in [-0.39, 0.29) is 11.6 Å². The second-order valence-electron chi connectivity index (χ2n) is 8.00. The Hall–Kier alpha value is -2.56. The predicted octanol–water partition coefficient (Wildman–Crippen LogP) is 1.04. The van der Waals surface area contributed by atoms with E-state index in [4.69, 9.17) is 11.5 Å². The van der Waals surface area contributed by atoms with Gasteiger partial charge in [0.15, 0.2) is 5.66 Å². The number of nitrogens with zero attached hydrogens (tertiary/aromatic N) is 5. The van der Waals surface area contributed by atoms with Gasteiger partial charge in [-0.15, -0.1) is 0 Å². The van der Waals surface area contributed by atoms with Gasteiger partial charge < -0.3 is 16.0 Å². The average Bonchev–Trinajstić information content (AvgIpc) is 2.75. The van der Waals surface area contributed by atoms with E-state index in [9.17, 15) is 8.78 Å². The molecule has 0 amide bonds. The molecule has 30 heavy (non-hydrogen) atoms. The number of pyridine rings is 1. The molecule has 1 saturated heterocycles. The van der Waals surface area contributed by atoms with Crippen LogP contribution in [0.15, 0.2) is 45.0 Å². The second kappa shape index (κ2) is 7.60. The lowest BCUT2D eigenvalue weighted by atomic mass is 9.84. The fourth-order valence-electron chi connectivity index (χ4n) is 3.73. The molecule has 1 aromatic rings. The Morgan fingerprint density at radius 2 is 1.87 bits per heavy atom. The van der Waals surface area contributed by atoms with Crippen molar-refractivity contribution in [1.29, 1.82) is 0 Å². The number of aliphatic imine (C=N–C) groups is 3. The van der Waals surface area contributed by atoms with Crippen LogP contribution in [0.2, 0.25) is 0 Å². The number of halogens is 2. The molecule has 2 unspecified atom stereocenters. The summed E-state index contributed by atoms with van der Waals surface area (Å²) in [7, 11) is 0. The lowest BCUT2D eigenvalue weighted by molar-refractivity contribution is 0.224. The van der Waals surface area contributed by atoms with Crippen molar-refractivity contribution in [1.82, 2.24) is 10.3 Å². The van der Waals surface area contributed by atoms with Gasteiger partial charge in [0.2, 0.25) is 5.79 Å². The van der Waals surface area contributed by atoms with Crippen molar-refractivity contribution in [2.75, 3.05) is 31.1 Å². The van der Waals surface area contributed by atoms with Crippen molar-refractivity contribution in [3.8, 4) is 0 Å². The van der Waals surface area contributed by atoms with Gasteiger partial charge in [-0.1, -0.05) is 13.8 Å². The topological polar surface area (TPSA) is 117 Å². The molecular weight excluding hydrogens is 390 g/mol. The number of anilines is 1. The third-order valence-electron chi connectivity index (χ3n) is 5.66. The monoisotopic (exact) mass is 416 g/mol. The van der Waals surface area contributed by atoms with Gasteiger partial charge in [-0.05, 0) is 24.1 Å². The van der Waals surface area contributed by atoms with E-state index in [1.807, 2.05) is 19.9 Å². The second-order valence-corrected chi connectivity index (χ2v) is 8.00. The molecule has 160 valence electrons. The van der Waals surface area contributed by atoms with Gasteiger partial charge in [0, 0.05) is 38.0 Å². The zero-order valence-corrected chi connectivity index (χ0v) is 17.0. The molecule has 1 aromatic heterocycles. The first kappa shape index (κ1) is 20.7. The molecule has 0 bridgehead atoms. The Morgan fingerprint density at radius 3 is 2.47 bits per heavy atom. The lowest BCUT2D eigenvalue weighted by Gasteiger charge is -2.38. The van der Waals surface area contributed by atoms with Crippen molar-refractivity contribution in [2.45, 2.75) is 31.7 Å². The zero-order valence-electron chi connectivity index (χ0n) is 17.0. The van der Waals surface area contributed by atoms with E-state index in [1.165, 1.54) is 12.3 Å². The highest BCUT2D eigenvalue weighted by atomic mass is 19.3. The molecule has 0 aliphatic carbocycles. The molecule has 1 fully saturated rings. The predicted molar refractivity (Wildman–Crippen MR) is 114 cm³/mol. The Balaban J connectivity index is 1.69. The van der Waals surface area contributed by atoms with E-state index in [2.05, 4.69) is 30.2 Å². The van der Waals surface area contributed by atoms with Crippen LogP contribution in [-0.4, -0.2) is 60.9 Å². The SMILES string of the molecule is CC(C)C1(N)N=C(C(F)F)C=C2C=NC(N)(c3ccc(N4CCNCC4)cn3)N=C21. The molecular formula is C20H26F2N8. The highest BCUT2D eigenvalue weighted by Crippen LogP contribution is 2.34. The summed E-state index contributed by atoms with van der Waals surface area (Å²) >= 11 is 0. The number of dihydropyridines is 1. The van der Waals surface area contributed by atoms with Gasteiger partial charge >= 0.3 is 0 Å². The van der Waals surface area contributed by atoms with Crippen LogP contribution in [0.5, 0.6) is 0 Å². The Kier molecular flexibility index (Phi) is 5.25. The third kappa shape index (κ3) is 3.55. The van der Waals surface area contributed by atoms with Gasteiger partial charge in [0.05, 0.1) is 17.6 Å². The van der Waals surface area contributed by atoms with Crippen molar-refractivity contribution >= 4 is 23.3 Å². The number of alkyl halides is 2. The van der Waals surface area contributed by atoms with Crippen LogP contribution in [0.4, 0.5) is 14.5 Å². The first-order valence-corrected chi connectivity index (χ1v) is 9.98. The normalized spacial score (nSPS) is 28.9. The zero-order chi connectivity index (χ0) is 21.5. The fourth-order valence-corrected chi connectivity index (χ4v) is 3.73. The standard InChI is InChI=1S/C20H26F2N8/c1-12(2)19(23)17-13(9-15(28-19)18(21)22)10-27-20(24,29-17)16-4-3-14(11-26-16)30-7-5-25-6-8-30/h3-4,9-12,18,25H,5-8,23-24H2,1-2H3. The summed E-state index contributed by atoms with van der Waals surface area (Å²) in [4.78, 5) is 19.8. The molecule has 2 atom stereocenters. The van der Waals surface area contributed by atoms with Gasteiger partial charge in [-0.25, -0.2) is 18.8 Å². The highest BCUT2D eigenvalue weighted by molar-refractivity contribution is 6.27. The molecule has 0 spiro atoms. The van der Waals surface area contributed by atoms with Crippen LogP contribution < -0.4 is 21.7 Å². The van der Waals surface area contributed by atoms with Crippen LogP contribution in [-0.2, 0) is 5.79 Å². The molecule has 10 heteroatoms. The minimum atomic E-state index is -2.74. The Bertz CT molecular complexity index is 931. The quantitative estimate of drug-likeness (QED) is 0.678. The first-order chi connectivity index (χ1) is 14.2. The van der Waals surface area contributed by atoms with E-state index >= 15 is 0 Å². The lowest BCUT2D eigenvalue weighted by Crippen LogP contribution is -2.56. The molecule has 0 radical (unpaired) electrons. The molecule has 3 aliphatic rings. The molecule has 3 aliphatic heterocycles. The minimum absolute atomic E-state index is 0.285. The summed E-state index contributed by atoms with van der Waals surface area (Å²) < 4.78 is 26.7. The van der Waals surface area contributed by atoms with Gasteiger partial charge in [0.25, 0.3) is 6.43 Å². The number of rotatable bonds is 4. The van der Waals surface area contributed by atoms with Crippen LogP contribution in [0.1, 0.15) is 19.5 Å². The number of nitrogens with two attached hydrogens (primary N) is 2. The average molecular weight is 416 g/mol. The number of aromatic nitrogens is 1. The summed E-state index contributed by atoms with van der Waals surface area (Å²) in [5.74, 6) is -1.78. The van der Waals surface area contributed by atoms with Gasteiger partial charge in [-0.2, -0.15) is 0 Å². The van der Waals surface area contributed by atoms with Crippen molar-refractivity contribution in [3.05, 3.63) is 35.7 Å². The molecule has 0 aromatic carbocycles. The summed E-state index contributed by atoms with van der Waals surface area (Å²) in [5, 5.41) is 3.31. The number of nitrogens with one attached hydrogen (secondary N) is 1. The van der Waals surface area contributed by atoms with E-state index in [0.717, 1.165) is 31.9 Å². The summed E-state index contributed by atoms with van der Waals surface area (Å²) in [6.45, 7) is 7.26. The minimum Gasteiger partial charge on any atom is -0.368 e. The van der Waals surface area contributed by atoms with Crippen LogP contribution in [0, 0.1) is 5.92 Å². The highest BCUT2D eigenvalue weighted by Gasteiger charge is 2.44. The maximum atomic E-state index is 13.3. The van der Waals surface area contributed by atoms with Crippen LogP contribution >= 0.6 is 0 Å². The van der Waals surface area contributed by atoms with E-state index in [0.29, 0.717) is 17.0 Å². The number of fused-ring (bicyclic) bond motifs is 1. The summed E-state index contributed by atoms with van der Waals surface area (Å²) in [5.41, 5.74) is 13.3. The number of piperazine rings is 1. The van der Waals surface area contributed by atoms with Crippen LogP contribution in [0.3, 0.4) is 0 Å². The first-order valence-electron chi connectivity index (χ1n) is 9.98. The number of hydrogen-bond donors (Lipinski definition) is 3. The maximum absolute atomic E-state index is 13.3. The fraction of sp³-hybridized carbons (Fsp3) is 0.500. The molecule has 8 nitrogen and oxygen atoms in total. The summed E-state index contributed by atoms with van der Waals surface area (Å²) in [6, 6.07) is 3.73. The third-order valence-corrected chi connectivity index (χ3v) is 5.66. The van der Waals surface area contributed by atoms with E-state index in [1.54, 1.807) is 12.3 Å². The smallest absolute Gasteiger partial charge is 0.280 e. The van der Waals surface area contributed by atoms with Crippen LogP contribution in [0.25, 0.3) is 0 Å². The number of allylic oxidation sites excluding steroid dienone is 1. The Morgan fingerprint density at radius 1 is 1.13 bits per heavy atom. The van der Waals surface area contributed by atoms with Gasteiger partial charge in [-0.3, -0.25) is 15.7 Å². The number of hydrogen-bond acceptors (Lipinski definition) is 8. The van der Waals surface area contributed by atoms with E-state index < -0.39 is 17.9 Å². The largest absolute Gasteiger partial charge is 0.368 e. The molecule has 0 saturated carbocycles. The van der Waals surface area contributed by atoms with Crippen molar-refractivity contribution in [3.63, 3.8) is 0 Å². The maximum Gasteiger partial charge on any atom is 0.280 e. The molecule has 4 rings (SSSR count). The van der Waals surface area contributed by atoms with Crippen molar-refractivity contribution in [2.24, 2.45) is 32.4 Å². The Labute approximate surface area is 173 Å². The summed E-state index contributed by atoms with van der Waals surface area (Å²) in [6.07, 6.45) is 1.72. The molecule has 5 N–H and O–H groups in total. The molecule has 4 heterocycles. The van der Waals surface area contributed by atoms with Gasteiger partial charge in [0.1, 0.15) is 11.4 Å². The van der Waals surface area contributed by atoms with Crippen molar-refractivity contribution < 1.29 is 8.78 Å².